The van der Waals surface area contributed by atoms with Gasteiger partial charge in [0.25, 0.3) is 0 Å². The number of cyclic esters (lactones) is 1. The Morgan fingerprint density at radius 2 is 2.42 bits per heavy atom. The van der Waals surface area contributed by atoms with E-state index >= 15 is 0 Å². The van der Waals surface area contributed by atoms with Crippen molar-refractivity contribution in [2.24, 2.45) is 5.92 Å². The summed E-state index contributed by atoms with van der Waals surface area (Å²) in [6.07, 6.45) is -0.546. The second-order valence-corrected chi connectivity index (χ2v) is 2.44. The molecule has 12 heavy (non-hydrogen) atoms. The van der Waals surface area contributed by atoms with Crippen LogP contribution < -0.4 is 0 Å². The molecule has 2 atom stereocenters. The van der Waals surface area contributed by atoms with Crippen LogP contribution in [0, 0.1) is 5.92 Å². The summed E-state index contributed by atoms with van der Waals surface area (Å²) < 4.78 is 8.91. The Bertz CT molecular complexity index is 222. The van der Waals surface area contributed by atoms with E-state index in [9.17, 15) is 14.4 Å². The fraction of sp³-hybridized carbons (Fsp3) is 0.571. The number of carbonyl (C=O) groups is 3. The zero-order valence-corrected chi connectivity index (χ0v) is 6.48. The van der Waals surface area contributed by atoms with E-state index in [4.69, 9.17) is 0 Å². The summed E-state index contributed by atoms with van der Waals surface area (Å²) >= 11 is 0. The second-order valence-electron chi connectivity index (χ2n) is 2.44. The van der Waals surface area contributed by atoms with Gasteiger partial charge in [0.2, 0.25) is 6.10 Å². The van der Waals surface area contributed by atoms with Crippen molar-refractivity contribution in [1.82, 2.24) is 0 Å². The number of hydrogen-bond donors (Lipinski definition) is 0. The molecular formula is C7H8O5. The third-order valence-electron chi connectivity index (χ3n) is 1.66. The van der Waals surface area contributed by atoms with E-state index < -0.39 is 24.0 Å². The predicted octanol–water partition coefficient (Wildman–Crippen LogP) is -0.710. The molecule has 1 aliphatic heterocycles. The van der Waals surface area contributed by atoms with Crippen LogP contribution >= 0.6 is 0 Å². The van der Waals surface area contributed by atoms with Crippen molar-refractivity contribution >= 4 is 18.2 Å². The van der Waals surface area contributed by atoms with Crippen molar-refractivity contribution < 1.29 is 23.9 Å². The standard InChI is InChI=1S/C7H8O5/c1-11-7(10)6-4(3-8)2-5(9)12-6/h3-4,6H,2H2,1H3. The minimum atomic E-state index is -1.04. The largest absolute Gasteiger partial charge is 0.466 e. The Hall–Kier alpha value is -1.39. The van der Waals surface area contributed by atoms with Crippen LogP contribution in [0.1, 0.15) is 6.42 Å². The third kappa shape index (κ3) is 1.44. The van der Waals surface area contributed by atoms with Gasteiger partial charge in [-0.2, -0.15) is 0 Å². The van der Waals surface area contributed by atoms with Crippen molar-refractivity contribution in [3.63, 3.8) is 0 Å². The summed E-state index contributed by atoms with van der Waals surface area (Å²) in [7, 11) is 1.18. The average Bonchev–Trinajstić information content (AvgIpc) is 2.45. The van der Waals surface area contributed by atoms with Gasteiger partial charge in [-0.05, 0) is 0 Å². The molecule has 0 aromatic carbocycles. The molecule has 2 unspecified atom stereocenters. The molecule has 0 radical (unpaired) electrons. The first-order valence-electron chi connectivity index (χ1n) is 3.41. The summed E-state index contributed by atoms with van der Waals surface area (Å²) in [5, 5.41) is 0. The Morgan fingerprint density at radius 1 is 1.75 bits per heavy atom. The molecule has 5 nitrogen and oxygen atoms in total. The van der Waals surface area contributed by atoms with Crippen LogP contribution in [0.25, 0.3) is 0 Å². The third-order valence-corrected chi connectivity index (χ3v) is 1.66. The molecule has 5 heteroatoms. The van der Waals surface area contributed by atoms with Crippen molar-refractivity contribution in [3.8, 4) is 0 Å². The first kappa shape index (κ1) is 8.70. The molecular weight excluding hydrogens is 164 g/mol. The first-order chi connectivity index (χ1) is 5.69. The lowest BCUT2D eigenvalue weighted by molar-refractivity contribution is -0.160. The van der Waals surface area contributed by atoms with E-state index in [2.05, 4.69) is 9.47 Å². The monoisotopic (exact) mass is 172 g/mol. The molecule has 0 bridgehead atoms. The highest BCUT2D eigenvalue weighted by atomic mass is 16.6. The molecule has 1 saturated heterocycles. The van der Waals surface area contributed by atoms with Crippen LogP contribution in [0.4, 0.5) is 0 Å². The van der Waals surface area contributed by atoms with E-state index in [1.807, 2.05) is 0 Å². The average molecular weight is 172 g/mol. The Kier molecular flexibility index (Phi) is 2.42. The molecule has 0 spiro atoms. The molecule has 1 fully saturated rings. The Morgan fingerprint density at radius 3 is 2.92 bits per heavy atom. The molecule has 0 saturated carbocycles. The van der Waals surface area contributed by atoms with Crippen LogP contribution in [0.15, 0.2) is 0 Å². The minimum Gasteiger partial charge on any atom is -0.466 e. The molecule has 1 rings (SSSR count). The highest BCUT2D eigenvalue weighted by Crippen LogP contribution is 2.20. The number of rotatable bonds is 2. The fourth-order valence-electron chi connectivity index (χ4n) is 1.04. The van der Waals surface area contributed by atoms with Gasteiger partial charge in [0.05, 0.1) is 19.4 Å². The van der Waals surface area contributed by atoms with Crippen molar-refractivity contribution in [3.05, 3.63) is 0 Å². The summed E-state index contributed by atoms with van der Waals surface area (Å²) in [5.74, 6) is -1.91. The topological polar surface area (TPSA) is 69.7 Å². The number of carbonyl (C=O) groups excluding carboxylic acids is 3. The van der Waals surface area contributed by atoms with Crippen LogP contribution in [0.2, 0.25) is 0 Å². The molecule has 0 aliphatic carbocycles. The molecule has 0 N–H and O–H groups in total. The zero-order valence-electron chi connectivity index (χ0n) is 6.48. The molecule has 0 aromatic heterocycles. The smallest absolute Gasteiger partial charge is 0.347 e. The van der Waals surface area contributed by atoms with E-state index in [0.29, 0.717) is 6.29 Å². The van der Waals surface area contributed by atoms with Gasteiger partial charge in [-0.1, -0.05) is 0 Å². The van der Waals surface area contributed by atoms with Crippen LogP contribution in [-0.2, 0) is 23.9 Å². The number of aldehydes is 1. The molecule has 0 amide bonds. The fourth-order valence-corrected chi connectivity index (χ4v) is 1.04. The van der Waals surface area contributed by atoms with Gasteiger partial charge in [0.15, 0.2) is 0 Å². The maximum atomic E-state index is 10.9. The van der Waals surface area contributed by atoms with E-state index in [0.717, 1.165) is 0 Å². The van der Waals surface area contributed by atoms with Gasteiger partial charge in [0.1, 0.15) is 6.29 Å². The number of esters is 2. The minimum absolute atomic E-state index is 0.0384. The Balaban J connectivity index is 2.69. The number of hydrogen-bond acceptors (Lipinski definition) is 5. The van der Waals surface area contributed by atoms with Gasteiger partial charge < -0.3 is 14.3 Å². The number of ether oxygens (including phenoxy) is 2. The molecule has 1 heterocycles. The normalized spacial score (nSPS) is 27.9. The van der Waals surface area contributed by atoms with Crippen LogP contribution in [0.3, 0.4) is 0 Å². The van der Waals surface area contributed by atoms with Crippen LogP contribution in [0.5, 0.6) is 0 Å². The molecule has 1 aliphatic rings. The van der Waals surface area contributed by atoms with Gasteiger partial charge in [-0.15, -0.1) is 0 Å². The second kappa shape index (κ2) is 3.34. The van der Waals surface area contributed by atoms with Crippen molar-refractivity contribution in [1.29, 1.82) is 0 Å². The first-order valence-corrected chi connectivity index (χ1v) is 3.41. The highest BCUT2D eigenvalue weighted by molar-refractivity contribution is 5.88. The maximum absolute atomic E-state index is 10.9. The quantitative estimate of drug-likeness (QED) is 0.406. The van der Waals surface area contributed by atoms with Crippen LogP contribution in [-0.4, -0.2) is 31.4 Å². The van der Waals surface area contributed by atoms with Gasteiger partial charge >= 0.3 is 11.9 Å². The SMILES string of the molecule is COC(=O)C1OC(=O)CC1C=O. The van der Waals surface area contributed by atoms with E-state index in [-0.39, 0.29) is 6.42 Å². The summed E-state index contributed by atoms with van der Waals surface area (Å²) in [5.41, 5.74) is 0. The van der Waals surface area contributed by atoms with E-state index in [1.165, 1.54) is 7.11 Å². The maximum Gasteiger partial charge on any atom is 0.347 e. The van der Waals surface area contributed by atoms with Crippen molar-refractivity contribution in [2.45, 2.75) is 12.5 Å². The lowest BCUT2D eigenvalue weighted by Gasteiger charge is -2.08. The van der Waals surface area contributed by atoms with Crippen molar-refractivity contribution in [2.75, 3.05) is 7.11 Å². The summed E-state index contributed by atoms with van der Waals surface area (Å²) in [6.45, 7) is 0. The van der Waals surface area contributed by atoms with E-state index in [1.54, 1.807) is 0 Å². The molecule has 0 aromatic rings. The molecule has 66 valence electrons. The summed E-state index contributed by atoms with van der Waals surface area (Å²) in [4.78, 5) is 31.9. The lowest BCUT2D eigenvalue weighted by atomic mass is 10.0. The summed E-state index contributed by atoms with van der Waals surface area (Å²) in [6, 6.07) is 0. The van der Waals surface area contributed by atoms with Gasteiger partial charge in [0, 0.05) is 0 Å². The van der Waals surface area contributed by atoms with Gasteiger partial charge in [-0.25, -0.2) is 4.79 Å². The lowest BCUT2D eigenvalue weighted by Crippen LogP contribution is -2.28. The predicted molar refractivity (Wildman–Crippen MR) is 36.1 cm³/mol. The number of methoxy groups -OCH3 is 1. The highest BCUT2D eigenvalue weighted by Gasteiger charge is 2.40. The zero-order chi connectivity index (χ0) is 9.14. The van der Waals surface area contributed by atoms with Gasteiger partial charge in [-0.3, -0.25) is 4.79 Å². The Labute approximate surface area is 68.6 Å².